The number of rotatable bonds is 6. The molecule has 2 aliphatic rings. The second-order valence-electron chi connectivity index (χ2n) is 7.33. The molecule has 3 rings (SSSR count). The smallest absolute Gasteiger partial charge is 0.0977 e. The van der Waals surface area contributed by atoms with Crippen LogP contribution in [0.2, 0.25) is 0 Å². The minimum absolute atomic E-state index is 0.0494. The average molecular weight is 412 g/mol. The van der Waals surface area contributed by atoms with Crippen molar-refractivity contribution in [1.82, 2.24) is 4.90 Å². The number of aliphatic hydroxyl groups is 1. The number of nitrogens with zero attached hydrogens (tertiary/aromatic N) is 1. The van der Waals surface area contributed by atoms with Crippen LogP contribution in [0, 0.1) is 0 Å². The molecule has 2 fully saturated rings. The van der Waals surface area contributed by atoms with E-state index in [2.05, 4.69) is 52.0 Å². The summed E-state index contributed by atoms with van der Waals surface area (Å²) in [5, 5.41) is 10.4. The van der Waals surface area contributed by atoms with Crippen LogP contribution in [0.3, 0.4) is 0 Å². The first-order chi connectivity index (χ1) is 12.1. The Labute approximate surface area is 159 Å². The van der Waals surface area contributed by atoms with Crippen molar-refractivity contribution in [3.8, 4) is 0 Å². The molecule has 1 aromatic rings. The zero-order valence-corrected chi connectivity index (χ0v) is 16.7. The van der Waals surface area contributed by atoms with Gasteiger partial charge >= 0.3 is 0 Å². The standard InChI is InChI=1S/C20H30BrNO3/c1-15-20(16-7-9-17(21)10-8-16)24-12-11-22(15)13-18(23)14-25-19-5-3-2-4-6-19/h7-10,15,18-20,23H,2-6,11-14H2,1H3. The first kappa shape index (κ1) is 19.3. The van der Waals surface area contributed by atoms with E-state index in [9.17, 15) is 5.11 Å². The first-order valence-electron chi connectivity index (χ1n) is 9.54. The van der Waals surface area contributed by atoms with Crippen LogP contribution in [0.25, 0.3) is 0 Å². The number of ether oxygens (including phenoxy) is 2. The van der Waals surface area contributed by atoms with Crippen LogP contribution < -0.4 is 0 Å². The van der Waals surface area contributed by atoms with Crippen LogP contribution in [0.15, 0.2) is 28.7 Å². The van der Waals surface area contributed by atoms with Gasteiger partial charge in [0.05, 0.1) is 31.5 Å². The van der Waals surface area contributed by atoms with Gasteiger partial charge in [-0.15, -0.1) is 0 Å². The fourth-order valence-corrected chi connectivity index (χ4v) is 4.18. The number of hydrogen-bond donors (Lipinski definition) is 1. The van der Waals surface area contributed by atoms with Gasteiger partial charge in [0.2, 0.25) is 0 Å². The summed E-state index contributed by atoms with van der Waals surface area (Å²) in [6.45, 7) is 4.82. The molecule has 1 aliphatic heterocycles. The van der Waals surface area contributed by atoms with Gasteiger partial charge in [-0.3, -0.25) is 4.90 Å². The number of aliphatic hydroxyl groups excluding tert-OH is 1. The molecule has 1 heterocycles. The van der Waals surface area contributed by atoms with E-state index < -0.39 is 6.10 Å². The van der Waals surface area contributed by atoms with E-state index in [-0.39, 0.29) is 12.1 Å². The Balaban J connectivity index is 1.50. The zero-order chi connectivity index (χ0) is 17.6. The molecule has 4 nitrogen and oxygen atoms in total. The summed E-state index contributed by atoms with van der Waals surface area (Å²) in [5.41, 5.74) is 1.19. The molecule has 3 atom stereocenters. The summed E-state index contributed by atoms with van der Waals surface area (Å²) in [4.78, 5) is 2.32. The molecule has 0 aromatic heterocycles. The Morgan fingerprint density at radius 2 is 1.96 bits per heavy atom. The van der Waals surface area contributed by atoms with E-state index in [1.54, 1.807) is 0 Å². The Hall–Kier alpha value is -0.460. The van der Waals surface area contributed by atoms with Crippen LogP contribution >= 0.6 is 15.9 Å². The summed E-state index contributed by atoms with van der Waals surface area (Å²) < 4.78 is 13.0. The maximum absolute atomic E-state index is 10.4. The fraction of sp³-hybridized carbons (Fsp3) is 0.700. The Bertz CT molecular complexity index is 518. The molecular formula is C20H30BrNO3. The minimum Gasteiger partial charge on any atom is -0.389 e. The summed E-state index contributed by atoms with van der Waals surface area (Å²) in [5.74, 6) is 0. The molecule has 1 N–H and O–H groups in total. The maximum Gasteiger partial charge on any atom is 0.0977 e. The molecule has 0 bridgehead atoms. The van der Waals surface area contributed by atoms with E-state index in [1.807, 2.05) is 0 Å². The third kappa shape index (κ3) is 5.51. The molecule has 140 valence electrons. The molecule has 5 heteroatoms. The van der Waals surface area contributed by atoms with E-state index in [4.69, 9.17) is 9.47 Å². The van der Waals surface area contributed by atoms with Gasteiger partial charge in [0.1, 0.15) is 0 Å². The lowest BCUT2D eigenvalue weighted by atomic mass is 9.98. The Morgan fingerprint density at radius 1 is 1.24 bits per heavy atom. The summed E-state index contributed by atoms with van der Waals surface area (Å²) >= 11 is 3.48. The van der Waals surface area contributed by atoms with Gasteiger partial charge in [-0.05, 0) is 37.5 Å². The largest absolute Gasteiger partial charge is 0.389 e. The SMILES string of the molecule is CC1C(c2ccc(Br)cc2)OCCN1CC(O)COC1CCCCC1. The predicted molar refractivity (Wildman–Crippen MR) is 103 cm³/mol. The first-order valence-corrected chi connectivity index (χ1v) is 10.3. The van der Waals surface area contributed by atoms with E-state index in [0.717, 1.165) is 23.9 Å². The molecule has 0 radical (unpaired) electrons. The lowest BCUT2D eigenvalue weighted by Crippen LogP contribution is -2.49. The highest BCUT2D eigenvalue weighted by molar-refractivity contribution is 9.10. The maximum atomic E-state index is 10.4. The Morgan fingerprint density at radius 3 is 2.68 bits per heavy atom. The van der Waals surface area contributed by atoms with Crippen molar-refractivity contribution >= 4 is 15.9 Å². The molecule has 1 aliphatic carbocycles. The van der Waals surface area contributed by atoms with Crippen LogP contribution in [0.1, 0.15) is 50.7 Å². The van der Waals surface area contributed by atoms with Gasteiger partial charge in [0.25, 0.3) is 0 Å². The highest BCUT2D eigenvalue weighted by Gasteiger charge is 2.31. The molecular weight excluding hydrogens is 382 g/mol. The van der Waals surface area contributed by atoms with Crippen molar-refractivity contribution in [2.24, 2.45) is 0 Å². The van der Waals surface area contributed by atoms with Gasteiger partial charge in [-0.25, -0.2) is 0 Å². The highest BCUT2D eigenvalue weighted by Crippen LogP contribution is 2.29. The summed E-state index contributed by atoms with van der Waals surface area (Å²) in [7, 11) is 0. The van der Waals surface area contributed by atoms with Gasteiger partial charge in [0, 0.05) is 23.6 Å². The van der Waals surface area contributed by atoms with E-state index in [1.165, 1.54) is 24.8 Å². The monoisotopic (exact) mass is 411 g/mol. The van der Waals surface area contributed by atoms with Crippen molar-refractivity contribution in [3.05, 3.63) is 34.3 Å². The van der Waals surface area contributed by atoms with Gasteiger partial charge in [-0.1, -0.05) is 47.3 Å². The molecule has 1 aromatic carbocycles. The van der Waals surface area contributed by atoms with Crippen LogP contribution in [0.5, 0.6) is 0 Å². The van der Waals surface area contributed by atoms with Crippen molar-refractivity contribution in [2.75, 3.05) is 26.3 Å². The molecule has 25 heavy (non-hydrogen) atoms. The number of benzene rings is 1. The quantitative estimate of drug-likeness (QED) is 0.769. The molecule has 1 saturated heterocycles. The molecule has 1 saturated carbocycles. The van der Waals surface area contributed by atoms with Gasteiger partial charge in [0.15, 0.2) is 0 Å². The van der Waals surface area contributed by atoms with Crippen LogP contribution in [-0.4, -0.2) is 54.6 Å². The lowest BCUT2D eigenvalue weighted by Gasteiger charge is -2.40. The Kier molecular flexibility index (Phi) is 7.31. The number of hydrogen-bond acceptors (Lipinski definition) is 4. The van der Waals surface area contributed by atoms with Crippen molar-refractivity contribution in [2.45, 2.75) is 63.4 Å². The average Bonchev–Trinajstić information content (AvgIpc) is 2.63. The number of β-amino-alcohol motifs (C(OH)–C–C–N with tert-alkyl or cyclic N) is 1. The fourth-order valence-electron chi connectivity index (χ4n) is 3.92. The van der Waals surface area contributed by atoms with E-state index >= 15 is 0 Å². The van der Waals surface area contributed by atoms with Crippen molar-refractivity contribution in [1.29, 1.82) is 0 Å². The normalized spacial score (nSPS) is 27.3. The molecule has 0 amide bonds. The third-order valence-corrected chi connectivity index (χ3v) is 5.94. The molecule has 3 unspecified atom stereocenters. The second kappa shape index (κ2) is 9.47. The minimum atomic E-state index is -0.437. The third-order valence-electron chi connectivity index (χ3n) is 5.41. The summed E-state index contributed by atoms with van der Waals surface area (Å²) in [6, 6.07) is 8.56. The lowest BCUT2D eigenvalue weighted by molar-refractivity contribution is -0.0903. The number of morpholine rings is 1. The van der Waals surface area contributed by atoms with Crippen molar-refractivity contribution in [3.63, 3.8) is 0 Å². The summed E-state index contributed by atoms with van der Waals surface area (Å²) in [6.07, 6.45) is 6.10. The number of halogens is 1. The van der Waals surface area contributed by atoms with Gasteiger partial charge < -0.3 is 14.6 Å². The van der Waals surface area contributed by atoms with E-state index in [0.29, 0.717) is 25.9 Å². The zero-order valence-electron chi connectivity index (χ0n) is 15.1. The van der Waals surface area contributed by atoms with Gasteiger partial charge in [-0.2, -0.15) is 0 Å². The van der Waals surface area contributed by atoms with Crippen molar-refractivity contribution < 1.29 is 14.6 Å². The van der Waals surface area contributed by atoms with Crippen LogP contribution in [0.4, 0.5) is 0 Å². The highest BCUT2D eigenvalue weighted by atomic mass is 79.9. The molecule has 0 spiro atoms. The topological polar surface area (TPSA) is 41.9 Å². The predicted octanol–water partition coefficient (Wildman–Crippen LogP) is 3.92. The second-order valence-corrected chi connectivity index (χ2v) is 8.24. The van der Waals surface area contributed by atoms with Crippen LogP contribution in [-0.2, 0) is 9.47 Å².